The van der Waals surface area contributed by atoms with E-state index in [9.17, 15) is 9.18 Å². The SMILES string of the molecule is NCC1CCCN1C(=O)c1csc(-c2ccccc2F)n1. The zero-order chi connectivity index (χ0) is 14.8. The number of aromatic nitrogens is 1. The number of thiazole rings is 1. The number of likely N-dealkylation sites (tertiary alicyclic amines) is 1. The Bertz CT molecular complexity index is 658. The first-order valence-electron chi connectivity index (χ1n) is 6.92. The summed E-state index contributed by atoms with van der Waals surface area (Å²) in [4.78, 5) is 18.5. The van der Waals surface area contributed by atoms with Crippen LogP contribution in [0.25, 0.3) is 10.6 Å². The van der Waals surface area contributed by atoms with Gasteiger partial charge in [0.25, 0.3) is 5.91 Å². The van der Waals surface area contributed by atoms with Gasteiger partial charge >= 0.3 is 0 Å². The van der Waals surface area contributed by atoms with E-state index in [1.54, 1.807) is 28.5 Å². The van der Waals surface area contributed by atoms with Gasteiger partial charge < -0.3 is 10.6 Å². The van der Waals surface area contributed by atoms with Crippen molar-refractivity contribution in [1.82, 2.24) is 9.88 Å². The third-order valence-electron chi connectivity index (χ3n) is 3.74. The molecule has 0 saturated carbocycles. The molecule has 0 spiro atoms. The van der Waals surface area contributed by atoms with Crippen LogP contribution in [0.2, 0.25) is 0 Å². The summed E-state index contributed by atoms with van der Waals surface area (Å²) in [6, 6.07) is 6.54. The van der Waals surface area contributed by atoms with Crippen molar-refractivity contribution in [2.75, 3.05) is 13.1 Å². The summed E-state index contributed by atoms with van der Waals surface area (Å²) in [5, 5.41) is 2.22. The molecule has 1 saturated heterocycles. The first-order valence-corrected chi connectivity index (χ1v) is 7.80. The second-order valence-corrected chi connectivity index (χ2v) is 5.91. The maximum atomic E-state index is 13.8. The van der Waals surface area contributed by atoms with Crippen LogP contribution in [-0.2, 0) is 0 Å². The van der Waals surface area contributed by atoms with Crippen LogP contribution in [0.3, 0.4) is 0 Å². The van der Waals surface area contributed by atoms with Crippen molar-refractivity contribution in [1.29, 1.82) is 0 Å². The fraction of sp³-hybridized carbons (Fsp3) is 0.333. The number of hydrogen-bond acceptors (Lipinski definition) is 4. The number of carbonyl (C=O) groups excluding carboxylic acids is 1. The van der Waals surface area contributed by atoms with Crippen molar-refractivity contribution < 1.29 is 9.18 Å². The lowest BCUT2D eigenvalue weighted by Crippen LogP contribution is -2.40. The highest BCUT2D eigenvalue weighted by Crippen LogP contribution is 2.27. The van der Waals surface area contributed by atoms with E-state index >= 15 is 0 Å². The third-order valence-corrected chi connectivity index (χ3v) is 4.61. The summed E-state index contributed by atoms with van der Waals surface area (Å²) < 4.78 is 13.8. The van der Waals surface area contributed by atoms with Gasteiger partial charge in [0, 0.05) is 30.1 Å². The molecule has 6 heteroatoms. The molecule has 0 aliphatic carbocycles. The lowest BCUT2D eigenvalue weighted by Gasteiger charge is -2.22. The van der Waals surface area contributed by atoms with E-state index in [0.29, 0.717) is 29.4 Å². The number of carbonyl (C=O) groups is 1. The minimum atomic E-state index is -0.327. The second kappa shape index (κ2) is 5.91. The molecule has 2 heterocycles. The monoisotopic (exact) mass is 305 g/mol. The quantitative estimate of drug-likeness (QED) is 0.948. The van der Waals surface area contributed by atoms with E-state index < -0.39 is 0 Å². The standard InChI is InChI=1S/C15H16FN3OS/c16-12-6-2-1-5-11(12)14-18-13(9-21-14)15(20)19-7-3-4-10(19)8-17/h1-2,5-6,9-10H,3-4,7-8,17H2. The van der Waals surface area contributed by atoms with Gasteiger partial charge in [-0.1, -0.05) is 12.1 Å². The van der Waals surface area contributed by atoms with Crippen LogP contribution >= 0.6 is 11.3 Å². The molecule has 1 unspecified atom stereocenters. The number of rotatable bonds is 3. The highest BCUT2D eigenvalue weighted by molar-refractivity contribution is 7.13. The Hall–Kier alpha value is -1.79. The van der Waals surface area contributed by atoms with Gasteiger partial charge in [-0.25, -0.2) is 9.37 Å². The summed E-state index contributed by atoms with van der Waals surface area (Å²) in [5.41, 5.74) is 6.50. The molecule has 0 radical (unpaired) electrons. The predicted octanol–water partition coefficient (Wildman–Crippen LogP) is 2.51. The molecule has 2 aromatic rings. The van der Waals surface area contributed by atoms with Crippen molar-refractivity contribution in [3.63, 3.8) is 0 Å². The zero-order valence-corrected chi connectivity index (χ0v) is 12.3. The second-order valence-electron chi connectivity index (χ2n) is 5.05. The van der Waals surface area contributed by atoms with E-state index in [1.807, 2.05) is 0 Å². The van der Waals surface area contributed by atoms with Crippen molar-refractivity contribution in [3.8, 4) is 10.6 Å². The Morgan fingerprint density at radius 2 is 2.29 bits per heavy atom. The maximum absolute atomic E-state index is 13.8. The minimum absolute atomic E-state index is 0.0936. The minimum Gasteiger partial charge on any atom is -0.333 e. The average Bonchev–Trinajstić information content (AvgIpc) is 3.16. The molecule has 1 aromatic carbocycles. The predicted molar refractivity (Wildman–Crippen MR) is 80.6 cm³/mol. The van der Waals surface area contributed by atoms with Crippen LogP contribution < -0.4 is 5.73 Å². The highest BCUT2D eigenvalue weighted by atomic mass is 32.1. The van der Waals surface area contributed by atoms with Crippen molar-refractivity contribution >= 4 is 17.2 Å². The normalized spacial score (nSPS) is 18.2. The molecule has 1 aromatic heterocycles. The first kappa shape index (κ1) is 14.2. The van der Waals surface area contributed by atoms with Gasteiger partial charge in [-0.3, -0.25) is 4.79 Å². The smallest absolute Gasteiger partial charge is 0.273 e. The maximum Gasteiger partial charge on any atom is 0.273 e. The Labute approximate surface area is 126 Å². The highest BCUT2D eigenvalue weighted by Gasteiger charge is 2.29. The molecule has 4 nitrogen and oxygen atoms in total. The van der Waals surface area contributed by atoms with E-state index in [1.165, 1.54) is 17.4 Å². The van der Waals surface area contributed by atoms with E-state index in [2.05, 4.69) is 4.98 Å². The van der Waals surface area contributed by atoms with Crippen LogP contribution in [0.1, 0.15) is 23.3 Å². The summed E-state index contributed by atoms with van der Waals surface area (Å²) in [6.07, 6.45) is 1.91. The van der Waals surface area contributed by atoms with Gasteiger partial charge in [-0.2, -0.15) is 0 Å². The van der Waals surface area contributed by atoms with E-state index in [-0.39, 0.29) is 17.8 Å². The molecule has 1 atom stereocenters. The Balaban J connectivity index is 1.85. The van der Waals surface area contributed by atoms with Gasteiger partial charge in [-0.05, 0) is 25.0 Å². The Morgan fingerprint density at radius 3 is 3.05 bits per heavy atom. The van der Waals surface area contributed by atoms with Crippen LogP contribution in [0.4, 0.5) is 4.39 Å². The molecule has 0 bridgehead atoms. The Kier molecular flexibility index (Phi) is 3.98. The fourth-order valence-corrected chi connectivity index (χ4v) is 3.45. The number of halogens is 1. The summed E-state index contributed by atoms with van der Waals surface area (Å²) in [6.45, 7) is 1.18. The van der Waals surface area contributed by atoms with E-state index in [0.717, 1.165) is 12.8 Å². The molecule has 1 aliphatic heterocycles. The van der Waals surface area contributed by atoms with Crippen molar-refractivity contribution in [3.05, 3.63) is 41.2 Å². The number of nitrogens with two attached hydrogens (primary N) is 1. The van der Waals surface area contributed by atoms with Gasteiger partial charge in [0.05, 0.1) is 0 Å². The summed E-state index contributed by atoms with van der Waals surface area (Å²) in [7, 11) is 0. The van der Waals surface area contributed by atoms with Crippen LogP contribution in [-0.4, -0.2) is 34.9 Å². The molecule has 1 fully saturated rings. The molecule has 1 amide bonds. The average molecular weight is 305 g/mol. The third kappa shape index (κ3) is 2.69. The lowest BCUT2D eigenvalue weighted by molar-refractivity contribution is 0.0736. The van der Waals surface area contributed by atoms with Gasteiger partial charge in [-0.15, -0.1) is 11.3 Å². The summed E-state index contributed by atoms with van der Waals surface area (Å²) >= 11 is 1.28. The van der Waals surface area contributed by atoms with Crippen LogP contribution in [0.5, 0.6) is 0 Å². The number of nitrogens with zero attached hydrogens (tertiary/aromatic N) is 2. The van der Waals surface area contributed by atoms with Gasteiger partial charge in [0.1, 0.15) is 16.5 Å². The fourth-order valence-electron chi connectivity index (χ4n) is 2.63. The largest absolute Gasteiger partial charge is 0.333 e. The van der Waals surface area contributed by atoms with Gasteiger partial charge in [0.2, 0.25) is 0 Å². The van der Waals surface area contributed by atoms with Crippen LogP contribution in [0, 0.1) is 5.82 Å². The number of amides is 1. The van der Waals surface area contributed by atoms with E-state index in [4.69, 9.17) is 5.73 Å². The van der Waals surface area contributed by atoms with Crippen molar-refractivity contribution in [2.24, 2.45) is 5.73 Å². The topological polar surface area (TPSA) is 59.2 Å². The Morgan fingerprint density at radius 1 is 1.48 bits per heavy atom. The van der Waals surface area contributed by atoms with Gasteiger partial charge in [0.15, 0.2) is 0 Å². The summed E-state index contributed by atoms with van der Waals surface area (Å²) in [5.74, 6) is -0.436. The number of benzene rings is 1. The molecule has 110 valence electrons. The lowest BCUT2D eigenvalue weighted by atomic mass is 10.2. The zero-order valence-electron chi connectivity index (χ0n) is 11.5. The number of hydrogen-bond donors (Lipinski definition) is 1. The molecule has 3 rings (SSSR count). The molecule has 1 aliphatic rings. The molecular weight excluding hydrogens is 289 g/mol. The molecular formula is C15H16FN3OS. The molecule has 21 heavy (non-hydrogen) atoms. The first-order chi connectivity index (χ1) is 10.2. The van der Waals surface area contributed by atoms with Crippen molar-refractivity contribution in [2.45, 2.75) is 18.9 Å². The molecule has 2 N–H and O–H groups in total. The van der Waals surface area contributed by atoms with Crippen LogP contribution in [0.15, 0.2) is 29.6 Å².